The molecule has 0 unspecified atom stereocenters. The van der Waals surface area contributed by atoms with Crippen molar-refractivity contribution in [2.45, 2.75) is 0 Å². The molecule has 0 radical (unpaired) electrons. The first-order valence-electron chi connectivity index (χ1n) is 7.46. The van der Waals surface area contributed by atoms with E-state index < -0.39 is 0 Å². The highest BCUT2D eigenvalue weighted by atomic mass is 16.2. The van der Waals surface area contributed by atoms with Gasteiger partial charge in [-0.05, 0) is 51.2 Å². The predicted octanol–water partition coefficient (Wildman–Crippen LogP) is 3.79. The zero-order valence-corrected chi connectivity index (χ0v) is 12.1. The van der Waals surface area contributed by atoms with Crippen molar-refractivity contribution in [3.8, 4) is 0 Å². The molecule has 0 aliphatic rings. The normalized spacial score (nSPS) is 11.8. The molecule has 23 heavy (non-hydrogen) atoms. The van der Waals surface area contributed by atoms with Crippen LogP contribution in [0.15, 0.2) is 70.3 Å². The van der Waals surface area contributed by atoms with Gasteiger partial charge in [0.15, 0.2) is 0 Å². The molecular formula is C20H11NO2. The highest BCUT2D eigenvalue weighted by molar-refractivity contribution is 6.23. The van der Waals surface area contributed by atoms with Crippen LogP contribution in [0.1, 0.15) is 0 Å². The predicted molar refractivity (Wildman–Crippen MR) is 94.5 cm³/mol. The zero-order valence-electron chi connectivity index (χ0n) is 12.1. The van der Waals surface area contributed by atoms with Crippen LogP contribution in [0, 0.1) is 0 Å². The Kier molecular flexibility index (Phi) is 2.24. The molecule has 108 valence electrons. The third kappa shape index (κ3) is 1.59. The molecule has 1 aromatic heterocycles. The second-order valence-electron chi connectivity index (χ2n) is 5.86. The molecule has 3 nitrogen and oxygen atoms in total. The maximum atomic E-state index is 12.2. The first kappa shape index (κ1) is 12.4. The molecule has 0 amide bonds. The van der Waals surface area contributed by atoms with Gasteiger partial charge in [-0.15, -0.1) is 0 Å². The van der Waals surface area contributed by atoms with Crippen LogP contribution in [-0.4, -0.2) is 4.98 Å². The van der Waals surface area contributed by atoms with E-state index in [2.05, 4.69) is 29.2 Å². The molecule has 0 saturated carbocycles. The van der Waals surface area contributed by atoms with Gasteiger partial charge in [0.2, 0.25) is 0 Å². The fourth-order valence-electron chi connectivity index (χ4n) is 3.51. The number of rotatable bonds is 0. The Morgan fingerprint density at radius 3 is 1.61 bits per heavy atom. The summed E-state index contributed by atoms with van der Waals surface area (Å²) in [6, 6.07) is 19.9. The van der Waals surface area contributed by atoms with Gasteiger partial charge in [0.1, 0.15) is 0 Å². The minimum absolute atomic E-state index is 0.326. The van der Waals surface area contributed by atoms with E-state index in [1.165, 1.54) is 0 Å². The summed E-state index contributed by atoms with van der Waals surface area (Å²) >= 11 is 0. The number of hydrogen-bond acceptors (Lipinski definition) is 2. The van der Waals surface area contributed by atoms with E-state index in [0.29, 0.717) is 10.8 Å². The number of hydrogen-bond donors (Lipinski definition) is 1. The molecule has 0 aliphatic heterocycles. The van der Waals surface area contributed by atoms with Crippen molar-refractivity contribution in [1.82, 2.24) is 4.98 Å². The number of nitrogens with one attached hydrogen (secondary N) is 1. The van der Waals surface area contributed by atoms with Gasteiger partial charge in [-0.3, -0.25) is 14.6 Å². The van der Waals surface area contributed by atoms with Crippen LogP contribution in [0.4, 0.5) is 0 Å². The van der Waals surface area contributed by atoms with Crippen LogP contribution in [-0.2, 0) is 0 Å². The van der Waals surface area contributed by atoms with Crippen molar-refractivity contribution >= 4 is 43.1 Å². The lowest BCUT2D eigenvalue weighted by molar-refractivity contribution is 1.22. The Balaban J connectivity index is 2.24. The summed E-state index contributed by atoms with van der Waals surface area (Å²) in [5, 5.41) is 7.18. The largest absolute Gasteiger partial charge is 0.288 e. The molecule has 5 aromatic rings. The minimum atomic E-state index is -0.326. The Bertz CT molecular complexity index is 1250. The fourth-order valence-corrected chi connectivity index (χ4v) is 3.51. The second kappa shape index (κ2) is 4.17. The smallest absolute Gasteiger partial charge is 0.258 e. The number of pyridine rings is 1. The van der Waals surface area contributed by atoms with Crippen molar-refractivity contribution in [1.29, 1.82) is 0 Å². The van der Waals surface area contributed by atoms with Crippen LogP contribution in [0.3, 0.4) is 0 Å². The van der Waals surface area contributed by atoms with Crippen LogP contribution in [0.5, 0.6) is 0 Å². The average Bonchev–Trinajstić information content (AvgIpc) is 2.71. The monoisotopic (exact) mass is 297 g/mol. The molecule has 3 heteroatoms. The van der Waals surface area contributed by atoms with Crippen molar-refractivity contribution in [3.05, 3.63) is 81.4 Å². The van der Waals surface area contributed by atoms with Crippen molar-refractivity contribution in [3.63, 3.8) is 0 Å². The number of H-pyrrole nitrogens is 1. The highest BCUT2D eigenvalue weighted by Crippen LogP contribution is 2.33. The molecule has 4 aromatic carbocycles. The molecule has 0 spiro atoms. The van der Waals surface area contributed by atoms with Gasteiger partial charge in [-0.25, -0.2) is 0 Å². The highest BCUT2D eigenvalue weighted by Gasteiger charge is 2.12. The minimum Gasteiger partial charge on any atom is -0.288 e. The second-order valence-corrected chi connectivity index (χ2v) is 5.86. The lowest BCUT2D eigenvalue weighted by Crippen LogP contribution is -2.19. The number of benzene rings is 3. The van der Waals surface area contributed by atoms with Crippen LogP contribution < -0.4 is 11.1 Å². The molecule has 0 bridgehead atoms. The third-order valence-corrected chi connectivity index (χ3v) is 4.56. The topological polar surface area (TPSA) is 49.9 Å². The molecule has 1 heterocycles. The number of aromatic nitrogens is 1. The van der Waals surface area contributed by atoms with E-state index in [4.69, 9.17) is 0 Å². The summed E-state index contributed by atoms with van der Waals surface area (Å²) in [6.07, 6.45) is 0. The van der Waals surface area contributed by atoms with Gasteiger partial charge in [-0.2, -0.15) is 0 Å². The Morgan fingerprint density at radius 1 is 0.565 bits per heavy atom. The van der Waals surface area contributed by atoms with Crippen molar-refractivity contribution < 1.29 is 0 Å². The first-order valence-corrected chi connectivity index (χ1v) is 7.46. The zero-order chi connectivity index (χ0) is 15.6. The molecular weight excluding hydrogens is 286 g/mol. The Morgan fingerprint density at radius 2 is 1.09 bits per heavy atom. The van der Waals surface area contributed by atoms with Crippen LogP contribution >= 0.6 is 0 Å². The van der Waals surface area contributed by atoms with Gasteiger partial charge >= 0.3 is 0 Å². The lowest BCUT2D eigenvalue weighted by Gasteiger charge is -2.06. The standard InChI is InChI=1S/C20H11NO2/c22-19-15-7-5-13-9-11-3-1-2-4-12(11)10-14-6-8-16(20(23)21-19)18(15)17(13)14/h1-10H,(H,21,22,23). The first-order chi connectivity index (χ1) is 11.2. The van der Waals surface area contributed by atoms with Crippen molar-refractivity contribution in [2.24, 2.45) is 0 Å². The lowest BCUT2D eigenvalue weighted by atomic mass is 9.98. The van der Waals surface area contributed by atoms with Gasteiger partial charge in [-0.1, -0.05) is 36.4 Å². The summed E-state index contributed by atoms with van der Waals surface area (Å²) in [5.74, 6) is 0. The third-order valence-electron chi connectivity index (χ3n) is 4.56. The molecule has 1 N–H and O–H groups in total. The van der Waals surface area contributed by atoms with Crippen LogP contribution in [0.25, 0.3) is 43.1 Å². The van der Waals surface area contributed by atoms with E-state index in [1.54, 1.807) is 12.1 Å². The van der Waals surface area contributed by atoms with E-state index in [9.17, 15) is 9.59 Å². The molecule has 0 fully saturated rings. The van der Waals surface area contributed by atoms with Gasteiger partial charge < -0.3 is 0 Å². The fraction of sp³-hybridized carbons (Fsp3) is 0. The van der Waals surface area contributed by atoms with E-state index in [1.807, 2.05) is 24.3 Å². The molecule has 5 rings (SSSR count). The maximum Gasteiger partial charge on any atom is 0.258 e. The van der Waals surface area contributed by atoms with Crippen LogP contribution in [0.2, 0.25) is 0 Å². The summed E-state index contributed by atoms with van der Waals surface area (Å²) in [7, 11) is 0. The average molecular weight is 297 g/mol. The van der Waals surface area contributed by atoms with Gasteiger partial charge in [0.05, 0.1) is 0 Å². The maximum absolute atomic E-state index is 12.2. The van der Waals surface area contributed by atoms with E-state index in [0.717, 1.165) is 32.3 Å². The summed E-state index contributed by atoms with van der Waals surface area (Å²) in [4.78, 5) is 26.7. The Hall–Kier alpha value is -3.20. The molecule has 0 saturated heterocycles. The number of aromatic amines is 1. The van der Waals surface area contributed by atoms with Gasteiger partial charge in [0, 0.05) is 16.2 Å². The summed E-state index contributed by atoms with van der Waals surface area (Å²) in [5.41, 5.74) is -0.652. The van der Waals surface area contributed by atoms with Gasteiger partial charge in [0.25, 0.3) is 11.1 Å². The molecule has 0 atom stereocenters. The van der Waals surface area contributed by atoms with E-state index >= 15 is 0 Å². The summed E-state index contributed by atoms with van der Waals surface area (Å²) in [6.45, 7) is 0. The van der Waals surface area contributed by atoms with Crippen molar-refractivity contribution in [2.75, 3.05) is 0 Å². The number of fused-ring (bicyclic) bond motifs is 1. The van der Waals surface area contributed by atoms with E-state index in [-0.39, 0.29) is 11.1 Å². The Labute approximate surface area is 130 Å². The quantitative estimate of drug-likeness (QED) is 0.473. The summed E-state index contributed by atoms with van der Waals surface area (Å²) < 4.78 is 0. The SMILES string of the molecule is O=c1[nH]c(=O)c2ccc3cc4ccccc4cc4ccc1c2c43. The molecule has 0 aliphatic carbocycles.